The third-order valence-corrected chi connectivity index (χ3v) is 7.91. The second kappa shape index (κ2) is 9.93. The molecule has 5 nitrogen and oxygen atoms in total. The number of aromatic amines is 1. The van der Waals surface area contributed by atoms with Crippen molar-refractivity contribution >= 4 is 16.6 Å². The van der Waals surface area contributed by atoms with Gasteiger partial charge in [-0.05, 0) is 74.9 Å². The normalized spacial score (nSPS) is 24.4. The van der Waals surface area contributed by atoms with Gasteiger partial charge < -0.3 is 19.7 Å². The van der Waals surface area contributed by atoms with Gasteiger partial charge in [0.1, 0.15) is 17.1 Å². The van der Waals surface area contributed by atoms with Crippen LogP contribution in [0.1, 0.15) is 49.9 Å². The monoisotopic (exact) mass is 459 g/mol. The van der Waals surface area contributed by atoms with E-state index in [1.807, 2.05) is 18.2 Å². The molecule has 0 aliphatic heterocycles. The highest BCUT2D eigenvalue weighted by atomic mass is 16.5. The lowest BCUT2D eigenvalue weighted by Crippen LogP contribution is -2.43. The first kappa shape index (κ1) is 23.1. The Balaban J connectivity index is 1.16. The van der Waals surface area contributed by atoms with Crippen molar-refractivity contribution in [1.29, 1.82) is 0 Å². The number of allylic oxidation sites excluding steroid dienone is 1. The van der Waals surface area contributed by atoms with E-state index in [0.717, 1.165) is 67.8 Å². The van der Waals surface area contributed by atoms with Gasteiger partial charge in [-0.25, -0.2) is 4.98 Å². The maximum Gasteiger partial charge on any atom is 0.144 e. The fourth-order valence-electron chi connectivity index (χ4n) is 6.00. The van der Waals surface area contributed by atoms with E-state index in [0.29, 0.717) is 5.92 Å². The lowest BCUT2D eigenvalue weighted by molar-refractivity contribution is -0.0299. The summed E-state index contributed by atoms with van der Waals surface area (Å²) in [5.41, 5.74) is 4.15. The van der Waals surface area contributed by atoms with Gasteiger partial charge in [-0.2, -0.15) is 0 Å². The molecule has 6 rings (SSSR count). The third kappa shape index (κ3) is 4.77. The number of nitrogens with zero attached hydrogens (tertiary/aromatic N) is 2. The molecule has 3 atom stereocenters. The van der Waals surface area contributed by atoms with Crippen LogP contribution in [-0.4, -0.2) is 52.8 Å². The Morgan fingerprint density at radius 1 is 1.12 bits per heavy atom. The number of hydrogen-bond donors (Lipinski definition) is 2. The quantitative estimate of drug-likeness (QED) is 0.446. The van der Waals surface area contributed by atoms with Crippen LogP contribution in [0.5, 0.6) is 5.75 Å². The fourth-order valence-corrected chi connectivity index (χ4v) is 6.00. The summed E-state index contributed by atoms with van der Waals surface area (Å²) in [6.07, 6.45) is 9.58. The molecular weight excluding hydrogens is 422 g/mol. The van der Waals surface area contributed by atoms with E-state index in [4.69, 9.17) is 9.72 Å². The molecule has 3 aliphatic rings. The van der Waals surface area contributed by atoms with E-state index in [2.05, 4.69) is 53.3 Å². The Labute approximate surface area is 202 Å². The summed E-state index contributed by atoms with van der Waals surface area (Å²) in [5, 5.41) is 11.7. The summed E-state index contributed by atoms with van der Waals surface area (Å²) in [6.45, 7) is 1.91. The van der Waals surface area contributed by atoms with E-state index in [1.54, 1.807) is 7.11 Å². The molecule has 1 fully saturated rings. The Morgan fingerprint density at radius 3 is 2.79 bits per heavy atom. The largest absolute Gasteiger partial charge is 0.494 e. The Kier molecular flexibility index (Phi) is 6.75. The SMILES string of the molecule is COc1cccc2nc(CCCN(C)CCC3(O)CC4CCCC3C=C4c3ccccc3)[nH]c12. The first-order chi connectivity index (χ1) is 16.6. The number of aryl methyl sites for hydroxylation is 1. The summed E-state index contributed by atoms with van der Waals surface area (Å²) in [6, 6.07) is 16.7. The van der Waals surface area contributed by atoms with Crippen molar-refractivity contribution in [1.82, 2.24) is 14.9 Å². The number of fused-ring (bicyclic) bond motifs is 4. The molecule has 5 heteroatoms. The molecule has 34 heavy (non-hydrogen) atoms. The van der Waals surface area contributed by atoms with Crippen molar-refractivity contribution < 1.29 is 9.84 Å². The zero-order valence-electron chi connectivity index (χ0n) is 20.5. The van der Waals surface area contributed by atoms with Gasteiger partial charge in [0.25, 0.3) is 0 Å². The number of hydrogen-bond acceptors (Lipinski definition) is 4. The van der Waals surface area contributed by atoms with Gasteiger partial charge in [0.05, 0.1) is 18.2 Å². The number of aromatic nitrogens is 2. The zero-order valence-corrected chi connectivity index (χ0v) is 20.5. The van der Waals surface area contributed by atoms with Gasteiger partial charge in [-0.15, -0.1) is 0 Å². The highest BCUT2D eigenvalue weighted by Gasteiger charge is 2.44. The van der Waals surface area contributed by atoms with E-state index in [9.17, 15) is 5.11 Å². The minimum absolute atomic E-state index is 0.264. The number of ether oxygens (including phenoxy) is 1. The highest BCUT2D eigenvalue weighted by Crippen LogP contribution is 2.49. The van der Waals surface area contributed by atoms with Crippen molar-refractivity contribution in [3.05, 3.63) is 66.0 Å². The zero-order chi connectivity index (χ0) is 23.5. The minimum Gasteiger partial charge on any atom is -0.494 e. The summed E-state index contributed by atoms with van der Waals surface area (Å²) in [7, 11) is 3.86. The highest BCUT2D eigenvalue weighted by molar-refractivity contribution is 5.81. The van der Waals surface area contributed by atoms with Crippen LogP contribution in [0.3, 0.4) is 0 Å². The molecule has 3 aromatic rings. The summed E-state index contributed by atoms with van der Waals surface area (Å²) >= 11 is 0. The number of nitrogens with one attached hydrogen (secondary N) is 1. The molecule has 1 saturated carbocycles. The van der Waals surface area contributed by atoms with Gasteiger partial charge in [-0.1, -0.05) is 48.9 Å². The number of rotatable bonds is 9. The van der Waals surface area contributed by atoms with Crippen LogP contribution in [0, 0.1) is 11.8 Å². The van der Waals surface area contributed by atoms with Gasteiger partial charge >= 0.3 is 0 Å². The predicted molar refractivity (Wildman–Crippen MR) is 138 cm³/mol. The number of para-hydroxylation sites is 1. The van der Waals surface area contributed by atoms with Gasteiger partial charge in [0.2, 0.25) is 0 Å². The molecule has 0 amide bonds. The molecule has 1 heterocycles. The van der Waals surface area contributed by atoms with E-state index < -0.39 is 5.60 Å². The Morgan fingerprint density at radius 2 is 1.97 bits per heavy atom. The van der Waals surface area contributed by atoms with Crippen LogP contribution in [-0.2, 0) is 6.42 Å². The van der Waals surface area contributed by atoms with Crippen molar-refractivity contribution in [2.75, 3.05) is 27.2 Å². The summed E-state index contributed by atoms with van der Waals surface area (Å²) in [4.78, 5) is 10.5. The second-order valence-corrected chi connectivity index (χ2v) is 10.2. The number of aliphatic hydroxyl groups is 1. The molecule has 3 aliphatic carbocycles. The topological polar surface area (TPSA) is 61.4 Å². The summed E-state index contributed by atoms with van der Waals surface area (Å²) < 4.78 is 5.44. The molecule has 0 saturated heterocycles. The average molecular weight is 460 g/mol. The van der Waals surface area contributed by atoms with Crippen molar-refractivity contribution in [2.45, 2.75) is 50.5 Å². The first-order valence-electron chi connectivity index (χ1n) is 12.8. The van der Waals surface area contributed by atoms with Crippen LogP contribution >= 0.6 is 0 Å². The van der Waals surface area contributed by atoms with Crippen molar-refractivity contribution in [3.8, 4) is 5.75 Å². The maximum atomic E-state index is 11.7. The molecule has 3 unspecified atom stereocenters. The molecule has 0 radical (unpaired) electrons. The number of imidazole rings is 1. The molecule has 1 aromatic heterocycles. The minimum atomic E-state index is -0.580. The summed E-state index contributed by atoms with van der Waals surface area (Å²) in [5.74, 6) is 2.58. The molecule has 2 bridgehead atoms. The van der Waals surface area contributed by atoms with Crippen LogP contribution < -0.4 is 4.74 Å². The Bertz CT molecular complexity index is 1140. The third-order valence-electron chi connectivity index (χ3n) is 7.91. The maximum absolute atomic E-state index is 11.7. The average Bonchev–Trinajstić information content (AvgIpc) is 3.06. The molecule has 180 valence electrons. The number of H-pyrrole nitrogens is 1. The van der Waals surface area contributed by atoms with Crippen molar-refractivity contribution in [2.24, 2.45) is 11.8 Å². The smallest absolute Gasteiger partial charge is 0.144 e. The Hall–Kier alpha value is -2.63. The standard InChI is InChI=1S/C29H37N3O2/c1-32(17-8-15-27-30-25-13-7-14-26(34-2)28(25)31-27)18-16-29(33)20-22-11-6-12-23(29)19-24(22)21-9-4-3-5-10-21/h3-5,7,9-10,13-14,19,22-23,33H,6,8,11-12,15-18,20H2,1-2H3,(H,30,31). The van der Waals surface area contributed by atoms with Gasteiger partial charge in [0.15, 0.2) is 0 Å². The van der Waals surface area contributed by atoms with E-state index in [-0.39, 0.29) is 5.92 Å². The van der Waals surface area contributed by atoms with Crippen LogP contribution in [0.25, 0.3) is 16.6 Å². The lowest BCUT2D eigenvalue weighted by atomic mass is 9.70. The van der Waals surface area contributed by atoms with Crippen molar-refractivity contribution in [3.63, 3.8) is 0 Å². The van der Waals surface area contributed by atoms with E-state index >= 15 is 0 Å². The molecule has 2 N–H and O–H groups in total. The number of benzene rings is 2. The van der Waals surface area contributed by atoms with E-state index in [1.165, 1.54) is 24.0 Å². The fraction of sp³-hybridized carbons (Fsp3) is 0.483. The van der Waals surface area contributed by atoms with Crippen LogP contribution in [0.15, 0.2) is 54.6 Å². The lowest BCUT2D eigenvalue weighted by Gasteiger charge is -2.41. The molecule has 2 aromatic carbocycles. The van der Waals surface area contributed by atoms with Crippen LogP contribution in [0.4, 0.5) is 0 Å². The molecule has 0 spiro atoms. The van der Waals surface area contributed by atoms with Gasteiger partial charge in [0, 0.05) is 18.9 Å². The second-order valence-electron chi connectivity index (χ2n) is 10.2. The molecular formula is C29H37N3O2. The predicted octanol–water partition coefficient (Wildman–Crippen LogP) is 5.46. The number of methoxy groups -OCH3 is 1. The van der Waals surface area contributed by atoms with Crippen LogP contribution in [0.2, 0.25) is 0 Å². The van der Waals surface area contributed by atoms with Gasteiger partial charge in [-0.3, -0.25) is 0 Å². The first-order valence-corrected chi connectivity index (χ1v) is 12.8.